The smallest absolute Gasteiger partial charge is 0.306 e. The number of phosphoric ester groups is 1. The molecule has 0 rings (SSSR count). The molecule has 0 aromatic rings. The van der Waals surface area contributed by atoms with E-state index in [0.717, 1.165) is 64.2 Å². The van der Waals surface area contributed by atoms with Crippen molar-refractivity contribution in [3.05, 3.63) is 48.6 Å². The van der Waals surface area contributed by atoms with E-state index in [1.807, 2.05) is 33.3 Å². The minimum Gasteiger partial charge on any atom is -0.756 e. The number of carbonyl (C=O) groups is 2. The number of rotatable bonds is 68. The fourth-order valence-corrected chi connectivity index (χ4v) is 11.7. The second-order valence-corrected chi connectivity index (χ2v) is 27.9. The van der Waals surface area contributed by atoms with Crippen molar-refractivity contribution < 1.29 is 37.3 Å². The quantitative estimate of drug-likeness (QED) is 0.0212. The highest BCUT2D eigenvalue weighted by molar-refractivity contribution is 7.45. The monoisotopic (exact) mass is 1220 g/mol. The van der Waals surface area contributed by atoms with Crippen LogP contribution in [-0.4, -0.2) is 69.4 Å². The maximum atomic E-state index is 13.6. The van der Waals surface area contributed by atoms with Crippen LogP contribution in [0.2, 0.25) is 0 Å². The van der Waals surface area contributed by atoms with Gasteiger partial charge in [-0.25, -0.2) is 0 Å². The largest absolute Gasteiger partial charge is 0.756 e. The van der Waals surface area contributed by atoms with Gasteiger partial charge in [-0.05, 0) is 89.5 Å². The van der Waals surface area contributed by atoms with E-state index < -0.39 is 20.0 Å². The molecule has 0 spiro atoms. The van der Waals surface area contributed by atoms with E-state index in [1.54, 1.807) is 0 Å². The molecule has 0 aromatic carbocycles. The van der Waals surface area contributed by atoms with Crippen LogP contribution in [-0.2, 0) is 27.9 Å². The first-order valence-corrected chi connectivity index (χ1v) is 38.4. The van der Waals surface area contributed by atoms with Crippen LogP contribution in [0.15, 0.2) is 48.6 Å². The Morgan fingerprint density at radius 2 is 0.718 bits per heavy atom. The summed E-state index contributed by atoms with van der Waals surface area (Å²) in [4.78, 5) is 40.2. The van der Waals surface area contributed by atoms with Crippen molar-refractivity contribution in [2.75, 3.05) is 40.9 Å². The summed E-state index contributed by atoms with van der Waals surface area (Å²) in [6.45, 7) is 6.86. The molecule has 0 heterocycles. The number of amides is 1. The van der Waals surface area contributed by atoms with E-state index in [1.165, 1.54) is 270 Å². The van der Waals surface area contributed by atoms with Crippen molar-refractivity contribution in [1.82, 2.24) is 5.32 Å². The van der Waals surface area contributed by atoms with Gasteiger partial charge < -0.3 is 28.5 Å². The molecule has 0 aliphatic rings. The first-order chi connectivity index (χ1) is 41.4. The Bertz CT molecular complexity index is 1590. The lowest BCUT2D eigenvalue weighted by Crippen LogP contribution is -2.47. The first-order valence-electron chi connectivity index (χ1n) is 36.9. The van der Waals surface area contributed by atoms with Gasteiger partial charge in [-0.3, -0.25) is 14.2 Å². The van der Waals surface area contributed by atoms with Crippen molar-refractivity contribution in [1.29, 1.82) is 0 Å². The lowest BCUT2D eigenvalue weighted by atomic mass is 10.0. The predicted molar refractivity (Wildman–Crippen MR) is 367 cm³/mol. The van der Waals surface area contributed by atoms with Gasteiger partial charge in [0.2, 0.25) is 5.91 Å². The van der Waals surface area contributed by atoms with E-state index in [2.05, 4.69) is 62.5 Å². The average molecular weight is 1220 g/mol. The van der Waals surface area contributed by atoms with E-state index >= 15 is 0 Å². The molecule has 1 amide bonds. The Hall–Kier alpha value is -2.03. The van der Waals surface area contributed by atoms with E-state index in [4.69, 9.17) is 13.8 Å². The van der Waals surface area contributed by atoms with Crippen molar-refractivity contribution in [2.45, 2.75) is 380 Å². The molecule has 0 saturated heterocycles. The lowest BCUT2D eigenvalue weighted by Gasteiger charge is -2.30. The van der Waals surface area contributed by atoms with Crippen LogP contribution in [0.3, 0.4) is 0 Å². The fourth-order valence-electron chi connectivity index (χ4n) is 11.0. The van der Waals surface area contributed by atoms with Gasteiger partial charge >= 0.3 is 5.97 Å². The molecular weight excluding hydrogens is 1070 g/mol. The highest BCUT2D eigenvalue weighted by Crippen LogP contribution is 2.38. The van der Waals surface area contributed by atoms with Crippen LogP contribution in [0.25, 0.3) is 0 Å². The summed E-state index contributed by atoms with van der Waals surface area (Å²) in [6, 6.07) is -0.888. The Morgan fingerprint density at radius 1 is 0.412 bits per heavy atom. The topological polar surface area (TPSA) is 114 Å². The van der Waals surface area contributed by atoms with Crippen molar-refractivity contribution in [2.24, 2.45) is 0 Å². The molecule has 0 aliphatic heterocycles. The van der Waals surface area contributed by atoms with Crippen LogP contribution < -0.4 is 10.2 Å². The summed E-state index contributed by atoms with van der Waals surface area (Å²) in [5, 5.41) is 3.05. The Labute approximate surface area is 529 Å². The maximum absolute atomic E-state index is 13.6. The minimum absolute atomic E-state index is 0.0210. The average Bonchev–Trinajstić information content (AvgIpc) is 3.57. The second kappa shape index (κ2) is 64.9. The first kappa shape index (κ1) is 83.0. The Morgan fingerprint density at radius 3 is 1.09 bits per heavy atom. The summed E-state index contributed by atoms with van der Waals surface area (Å²) in [7, 11) is 1.20. The molecule has 0 bridgehead atoms. The van der Waals surface area contributed by atoms with Crippen LogP contribution in [0, 0.1) is 0 Å². The molecular formula is C75H143N2O7P. The molecule has 0 radical (unpaired) electrons. The number of phosphoric acid groups is 1. The van der Waals surface area contributed by atoms with Gasteiger partial charge in [0.15, 0.2) is 0 Å². The highest BCUT2D eigenvalue weighted by Gasteiger charge is 2.27. The fraction of sp³-hybridized carbons (Fsp3) is 0.867. The second-order valence-electron chi connectivity index (χ2n) is 26.4. The number of allylic oxidation sites excluding steroid dienone is 7. The standard InChI is InChI=1S/C75H143N2O7P/c1-7-10-13-16-19-22-25-27-29-31-33-35-36-37-38-39-40-42-44-46-48-50-53-56-59-62-65-68-75(79)84-73(66-63-60-57-54-51-24-21-18-15-12-9-3)72(71-83-85(80,81)82-70-69-77(4,5)6)76-74(78)67-64-61-58-55-52-49-47-45-43-41-34-32-30-28-26-23-20-17-14-11-8-2/h20,23,27-30,63,66,72-73H,7-19,21-22,24-26,31-62,64-65,67-71H2,1-6H3,(H-,76,78,80,81)/b23-20-,29-27+,30-28-,66-63-. The molecule has 10 heteroatoms. The molecule has 85 heavy (non-hydrogen) atoms. The minimum atomic E-state index is -4.70. The number of nitrogens with zero attached hydrogens (tertiary/aromatic N) is 1. The summed E-state index contributed by atoms with van der Waals surface area (Å²) >= 11 is 0. The summed E-state index contributed by atoms with van der Waals surface area (Å²) in [5.74, 6) is -0.527. The van der Waals surface area contributed by atoms with Gasteiger partial charge in [0.05, 0.1) is 33.8 Å². The summed E-state index contributed by atoms with van der Waals surface area (Å²) in [5.41, 5.74) is 0. The molecule has 3 atom stereocenters. The van der Waals surface area contributed by atoms with Gasteiger partial charge in [-0.1, -0.05) is 314 Å². The molecule has 0 fully saturated rings. The van der Waals surface area contributed by atoms with E-state index in [-0.39, 0.29) is 31.5 Å². The normalized spacial score (nSPS) is 13.7. The number of hydrogen-bond donors (Lipinski definition) is 1. The van der Waals surface area contributed by atoms with Crippen LogP contribution in [0.1, 0.15) is 367 Å². The predicted octanol–water partition coefficient (Wildman–Crippen LogP) is 22.9. The maximum Gasteiger partial charge on any atom is 0.306 e. The van der Waals surface area contributed by atoms with Crippen molar-refractivity contribution in [3.63, 3.8) is 0 Å². The molecule has 1 N–H and O–H groups in total. The molecule has 3 unspecified atom stereocenters. The molecule has 9 nitrogen and oxygen atoms in total. The zero-order valence-corrected chi connectivity index (χ0v) is 58.2. The summed E-state index contributed by atoms with van der Waals surface area (Å²) in [6.07, 6.45) is 82.5. The third-order valence-corrected chi connectivity index (χ3v) is 17.7. The third-order valence-electron chi connectivity index (χ3n) is 16.7. The molecule has 500 valence electrons. The van der Waals surface area contributed by atoms with E-state index in [9.17, 15) is 19.0 Å². The molecule has 0 saturated carbocycles. The number of hydrogen-bond acceptors (Lipinski definition) is 7. The number of esters is 1. The van der Waals surface area contributed by atoms with Gasteiger partial charge in [0.25, 0.3) is 7.82 Å². The Kier molecular flexibility index (Phi) is 63.4. The van der Waals surface area contributed by atoms with Crippen molar-refractivity contribution >= 4 is 19.7 Å². The number of likely N-dealkylation sites (N-methyl/N-ethyl adjacent to an activating group) is 1. The third kappa shape index (κ3) is 66.2. The van der Waals surface area contributed by atoms with Gasteiger partial charge in [-0.2, -0.15) is 0 Å². The van der Waals surface area contributed by atoms with E-state index in [0.29, 0.717) is 17.4 Å². The van der Waals surface area contributed by atoms with Gasteiger partial charge in [-0.15, -0.1) is 0 Å². The zero-order valence-electron chi connectivity index (χ0n) is 57.3. The van der Waals surface area contributed by atoms with Crippen LogP contribution in [0.4, 0.5) is 0 Å². The number of ether oxygens (including phenoxy) is 1. The van der Waals surface area contributed by atoms with Crippen molar-refractivity contribution in [3.8, 4) is 0 Å². The zero-order chi connectivity index (χ0) is 62.1. The number of nitrogens with one attached hydrogen (secondary N) is 1. The number of quaternary nitrogens is 1. The highest BCUT2D eigenvalue weighted by atomic mass is 31.2. The number of unbranched alkanes of at least 4 members (excludes halogenated alkanes) is 46. The lowest BCUT2D eigenvalue weighted by molar-refractivity contribution is -0.870. The molecule has 0 aromatic heterocycles. The van der Waals surface area contributed by atoms with Crippen LogP contribution in [0.5, 0.6) is 0 Å². The molecule has 0 aliphatic carbocycles. The summed E-state index contributed by atoms with van der Waals surface area (Å²) < 4.78 is 30.5. The Balaban J connectivity index is 4.93. The van der Waals surface area contributed by atoms with Gasteiger partial charge in [0, 0.05) is 12.8 Å². The SMILES string of the molecule is CCCCC/C=C\C/C=C\CCCCCCCCCCCCCC(=O)NC(COP(=O)([O-])OCC[N+](C)(C)C)C(/C=C\CCCCCCCCCCC)OC(=O)CCCCCCCCCCCCCCCCCCC/C=C/CCCCCCCC. The van der Waals surface area contributed by atoms with Crippen LogP contribution >= 0.6 is 7.82 Å². The number of carbonyl (C=O) groups excluding carboxylic acids is 2. The van der Waals surface area contributed by atoms with Gasteiger partial charge in [0.1, 0.15) is 19.3 Å².